The summed E-state index contributed by atoms with van der Waals surface area (Å²) in [4.78, 5) is 14.0. The number of rotatable bonds is 4. The van der Waals surface area contributed by atoms with Crippen molar-refractivity contribution < 1.29 is 8.81 Å². The summed E-state index contributed by atoms with van der Waals surface area (Å²) in [6.07, 6.45) is 0. The molecule has 3 aromatic rings. The van der Waals surface area contributed by atoms with E-state index in [1.165, 1.54) is 12.1 Å². The molecule has 0 aliphatic rings. The van der Waals surface area contributed by atoms with E-state index in [1.807, 2.05) is 33.0 Å². The van der Waals surface area contributed by atoms with Crippen molar-refractivity contribution in [3.63, 3.8) is 0 Å². The van der Waals surface area contributed by atoms with Crippen molar-refractivity contribution in [2.75, 3.05) is 7.05 Å². The first-order valence-corrected chi connectivity index (χ1v) is 7.90. The molecular formula is C20H20FNO2. The monoisotopic (exact) mass is 325 g/mol. The predicted octanol–water partition coefficient (Wildman–Crippen LogP) is 4.18. The molecule has 1 aromatic heterocycles. The third-order valence-electron chi connectivity index (χ3n) is 4.32. The molecular weight excluding hydrogens is 305 g/mol. The van der Waals surface area contributed by atoms with Gasteiger partial charge in [0.25, 0.3) is 0 Å². The lowest BCUT2D eigenvalue weighted by Crippen LogP contribution is -2.18. The molecule has 4 heteroatoms. The minimum absolute atomic E-state index is 0.237. The molecule has 24 heavy (non-hydrogen) atoms. The lowest BCUT2D eigenvalue weighted by Gasteiger charge is -2.18. The van der Waals surface area contributed by atoms with Gasteiger partial charge < -0.3 is 4.42 Å². The molecule has 3 nitrogen and oxygen atoms in total. The Balaban J connectivity index is 1.90. The fourth-order valence-corrected chi connectivity index (χ4v) is 2.90. The van der Waals surface area contributed by atoms with Crippen LogP contribution in [0.1, 0.15) is 22.3 Å². The maximum atomic E-state index is 13.0. The summed E-state index contributed by atoms with van der Waals surface area (Å²) < 4.78 is 18.4. The van der Waals surface area contributed by atoms with Gasteiger partial charge in [0.05, 0.1) is 0 Å². The van der Waals surface area contributed by atoms with Crippen LogP contribution in [-0.2, 0) is 13.1 Å². The summed E-state index contributed by atoms with van der Waals surface area (Å²) >= 11 is 0. The van der Waals surface area contributed by atoms with E-state index >= 15 is 0 Å². The standard InChI is InChI=1S/C20H20FNO2/c1-13-4-9-18-16(10-19(23)24-20(18)14(13)2)12-22(3)11-15-5-7-17(21)8-6-15/h4-10H,11-12H2,1-3H3. The molecule has 0 aliphatic heterocycles. The summed E-state index contributed by atoms with van der Waals surface area (Å²) in [5.74, 6) is -0.237. The van der Waals surface area contributed by atoms with Gasteiger partial charge in [-0.25, -0.2) is 9.18 Å². The van der Waals surface area contributed by atoms with Gasteiger partial charge in [-0.15, -0.1) is 0 Å². The molecule has 0 N–H and O–H groups in total. The highest BCUT2D eigenvalue weighted by atomic mass is 19.1. The van der Waals surface area contributed by atoms with Crippen LogP contribution >= 0.6 is 0 Å². The summed E-state index contributed by atoms with van der Waals surface area (Å²) in [5.41, 5.74) is 4.39. The number of hydrogen-bond acceptors (Lipinski definition) is 3. The largest absolute Gasteiger partial charge is 0.422 e. The molecule has 0 atom stereocenters. The summed E-state index contributed by atoms with van der Waals surface area (Å²) in [6, 6.07) is 12.1. The molecule has 0 fully saturated rings. The van der Waals surface area contributed by atoms with Crippen LogP contribution in [0.15, 0.2) is 51.7 Å². The average Bonchev–Trinajstić information content (AvgIpc) is 2.53. The summed E-state index contributed by atoms with van der Waals surface area (Å²) in [6.45, 7) is 5.25. The zero-order chi connectivity index (χ0) is 17.3. The Labute approximate surface area is 140 Å². The second-order valence-electron chi connectivity index (χ2n) is 6.27. The zero-order valence-corrected chi connectivity index (χ0v) is 14.1. The minimum atomic E-state index is -0.332. The number of hydrogen-bond donors (Lipinski definition) is 0. The quantitative estimate of drug-likeness (QED) is 0.675. The van der Waals surface area contributed by atoms with Crippen LogP contribution in [0.3, 0.4) is 0 Å². The molecule has 0 aliphatic carbocycles. The number of benzene rings is 2. The van der Waals surface area contributed by atoms with Gasteiger partial charge in [0.2, 0.25) is 0 Å². The highest BCUT2D eigenvalue weighted by molar-refractivity contribution is 5.83. The summed E-state index contributed by atoms with van der Waals surface area (Å²) in [5, 5.41) is 0.962. The van der Waals surface area contributed by atoms with Crippen molar-refractivity contribution in [2.24, 2.45) is 0 Å². The first kappa shape index (κ1) is 16.4. The van der Waals surface area contributed by atoms with Crippen molar-refractivity contribution in [1.29, 1.82) is 0 Å². The van der Waals surface area contributed by atoms with E-state index in [-0.39, 0.29) is 11.4 Å². The zero-order valence-electron chi connectivity index (χ0n) is 14.1. The molecule has 2 aromatic carbocycles. The third-order valence-corrected chi connectivity index (χ3v) is 4.32. The average molecular weight is 325 g/mol. The first-order valence-electron chi connectivity index (χ1n) is 7.90. The lowest BCUT2D eigenvalue weighted by molar-refractivity contribution is 0.319. The number of fused-ring (bicyclic) bond motifs is 1. The molecule has 0 saturated carbocycles. The molecule has 0 saturated heterocycles. The van der Waals surface area contributed by atoms with E-state index in [0.717, 1.165) is 27.6 Å². The van der Waals surface area contributed by atoms with E-state index in [2.05, 4.69) is 4.90 Å². The minimum Gasteiger partial charge on any atom is -0.422 e. The highest BCUT2D eigenvalue weighted by Crippen LogP contribution is 2.24. The van der Waals surface area contributed by atoms with Gasteiger partial charge in [-0.1, -0.05) is 24.3 Å². The highest BCUT2D eigenvalue weighted by Gasteiger charge is 2.11. The predicted molar refractivity (Wildman–Crippen MR) is 93.5 cm³/mol. The Morgan fingerprint density at radius 2 is 1.75 bits per heavy atom. The van der Waals surface area contributed by atoms with Gasteiger partial charge in [-0.3, -0.25) is 4.90 Å². The van der Waals surface area contributed by atoms with E-state index < -0.39 is 0 Å². The van der Waals surface area contributed by atoms with Crippen molar-refractivity contribution in [1.82, 2.24) is 4.90 Å². The van der Waals surface area contributed by atoms with Crippen LogP contribution in [0.2, 0.25) is 0 Å². The van der Waals surface area contributed by atoms with Crippen LogP contribution < -0.4 is 5.63 Å². The lowest BCUT2D eigenvalue weighted by atomic mass is 10.0. The third kappa shape index (κ3) is 3.39. The Morgan fingerprint density at radius 1 is 1.04 bits per heavy atom. The maximum absolute atomic E-state index is 13.0. The van der Waals surface area contributed by atoms with Crippen LogP contribution in [0, 0.1) is 19.7 Å². The van der Waals surface area contributed by atoms with Crippen molar-refractivity contribution in [3.8, 4) is 0 Å². The smallest absolute Gasteiger partial charge is 0.336 e. The fourth-order valence-electron chi connectivity index (χ4n) is 2.90. The molecule has 3 rings (SSSR count). The molecule has 0 radical (unpaired) electrons. The SMILES string of the molecule is Cc1ccc2c(CN(C)Cc3ccc(F)cc3)cc(=O)oc2c1C. The fraction of sp³-hybridized carbons (Fsp3) is 0.250. The number of nitrogens with zero attached hydrogens (tertiary/aromatic N) is 1. The molecule has 124 valence electrons. The number of aryl methyl sites for hydroxylation is 2. The van der Waals surface area contributed by atoms with Gasteiger partial charge in [-0.2, -0.15) is 0 Å². The molecule has 1 heterocycles. The second kappa shape index (κ2) is 6.57. The Kier molecular flexibility index (Phi) is 4.49. The van der Waals surface area contributed by atoms with Gasteiger partial charge in [-0.05, 0) is 55.3 Å². The molecule has 0 unspecified atom stereocenters. The van der Waals surface area contributed by atoms with Gasteiger partial charge in [0, 0.05) is 24.5 Å². The molecule has 0 spiro atoms. The van der Waals surface area contributed by atoms with Crippen molar-refractivity contribution >= 4 is 11.0 Å². The molecule has 0 amide bonds. The Bertz CT molecular complexity index is 929. The topological polar surface area (TPSA) is 33.5 Å². The van der Waals surface area contributed by atoms with E-state index in [4.69, 9.17) is 4.42 Å². The molecule has 0 bridgehead atoms. The Hall–Kier alpha value is -2.46. The van der Waals surface area contributed by atoms with Crippen LogP contribution in [0.25, 0.3) is 11.0 Å². The first-order chi connectivity index (χ1) is 11.4. The van der Waals surface area contributed by atoms with Gasteiger partial charge >= 0.3 is 5.63 Å². The van der Waals surface area contributed by atoms with Crippen LogP contribution in [0.5, 0.6) is 0 Å². The summed E-state index contributed by atoms with van der Waals surface area (Å²) in [7, 11) is 1.98. The van der Waals surface area contributed by atoms with E-state index in [1.54, 1.807) is 18.2 Å². The van der Waals surface area contributed by atoms with Gasteiger partial charge in [0.1, 0.15) is 11.4 Å². The van der Waals surface area contributed by atoms with E-state index in [0.29, 0.717) is 18.7 Å². The second-order valence-corrected chi connectivity index (χ2v) is 6.27. The van der Waals surface area contributed by atoms with Gasteiger partial charge in [0.15, 0.2) is 0 Å². The Morgan fingerprint density at radius 3 is 2.46 bits per heavy atom. The van der Waals surface area contributed by atoms with E-state index in [9.17, 15) is 9.18 Å². The maximum Gasteiger partial charge on any atom is 0.336 e. The van der Waals surface area contributed by atoms with Crippen molar-refractivity contribution in [3.05, 3.63) is 81.0 Å². The number of halogens is 1. The normalized spacial score (nSPS) is 11.4. The van der Waals surface area contributed by atoms with Crippen LogP contribution in [-0.4, -0.2) is 11.9 Å². The van der Waals surface area contributed by atoms with Crippen LogP contribution in [0.4, 0.5) is 4.39 Å². The van der Waals surface area contributed by atoms with Crippen molar-refractivity contribution in [2.45, 2.75) is 26.9 Å².